The predicted octanol–water partition coefficient (Wildman–Crippen LogP) is 6.85. The lowest BCUT2D eigenvalue weighted by Crippen LogP contribution is -2.33. The Morgan fingerprint density at radius 3 is 2.67 bits per heavy atom. The summed E-state index contributed by atoms with van der Waals surface area (Å²) in [6, 6.07) is 15.3. The van der Waals surface area contributed by atoms with Gasteiger partial charge >= 0.3 is 0 Å². The second-order valence-electron chi connectivity index (χ2n) is 9.27. The van der Waals surface area contributed by atoms with Crippen LogP contribution in [0.4, 0.5) is 17.1 Å². The molecule has 36 heavy (non-hydrogen) atoms. The number of carbonyl (C=O) groups is 1. The summed E-state index contributed by atoms with van der Waals surface area (Å²) in [5, 5.41) is 15.0. The number of nitrogens with one attached hydrogen (secondary N) is 1. The monoisotopic (exact) mass is 504 g/mol. The van der Waals surface area contributed by atoms with E-state index in [1.54, 1.807) is 30.3 Å². The number of rotatable bonds is 5. The number of hydrogen-bond donors (Lipinski definition) is 1. The normalized spacial score (nSPS) is 14.2. The molecule has 0 spiro atoms. The molecular formula is C27H25ClN4O4. The molecule has 1 N–H and O–H groups in total. The van der Waals surface area contributed by atoms with Gasteiger partial charge in [-0.05, 0) is 73.7 Å². The summed E-state index contributed by atoms with van der Waals surface area (Å²) >= 11 is 6.41. The molecule has 0 unspecified atom stereocenters. The van der Waals surface area contributed by atoms with E-state index in [0.717, 1.165) is 31.5 Å². The van der Waals surface area contributed by atoms with Crippen LogP contribution in [0.2, 0.25) is 5.02 Å². The first-order valence-electron chi connectivity index (χ1n) is 11.8. The average Bonchev–Trinajstić information content (AvgIpc) is 3.28. The number of amides is 1. The topological polar surface area (TPSA) is 102 Å². The zero-order valence-electron chi connectivity index (χ0n) is 20.0. The van der Waals surface area contributed by atoms with Gasteiger partial charge < -0.3 is 14.6 Å². The van der Waals surface area contributed by atoms with E-state index in [4.69, 9.17) is 16.0 Å². The summed E-state index contributed by atoms with van der Waals surface area (Å²) in [5.74, 6) is 0.486. The fourth-order valence-electron chi connectivity index (χ4n) is 4.45. The molecule has 5 rings (SSSR count). The lowest BCUT2D eigenvalue weighted by molar-refractivity contribution is -0.384. The minimum absolute atomic E-state index is 0.0734. The van der Waals surface area contributed by atoms with Gasteiger partial charge in [0.05, 0.1) is 15.5 Å². The van der Waals surface area contributed by atoms with Crippen molar-refractivity contribution in [1.29, 1.82) is 0 Å². The standard InChI is InChI=1S/C27H25ClN4O4/c1-16-9-11-31(12-10-16)23-7-4-18(14-24(23)32(34)35)26(33)29-19-5-6-21(28)20(15-19)27-30-22-13-17(2)3-8-25(22)36-27/h3-8,13-16H,9-12H2,1-2H3,(H,29,33). The third-order valence-corrected chi connectivity index (χ3v) is 6.89. The Morgan fingerprint density at radius 2 is 1.92 bits per heavy atom. The molecule has 0 radical (unpaired) electrons. The van der Waals surface area contributed by atoms with E-state index in [1.807, 2.05) is 30.0 Å². The highest BCUT2D eigenvalue weighted by molar-refractivity contribution is 6.33. The van der Waals surface area contributed by atoms with Crippen LogP contribution in [0, 0.1) is 23.0 Å². The Kier molecular flexibility index (Phi) is 6.36. The van der Waals surface area contributed by atoms with E-state index < -0.39 is 10.8 Å². The second kappa shape index (κ2) is 9.62. The van der Waals surface area contributed by atoms with Crippen LogP contribution in [0.15, 0.2) is 59.0 Å². The summed E-state index contributed by atoms with van der Waals surface area (Å²) in [6.45, 7) is 5.68. The SMILES string of the molecule is Cc1ccc2oc(-c3cc(NC(=O)c4ccc(N5CCC(C)CC5)c([N+](=O)[O-])c4)ccc3Cl)nc2c1. The van der Waals surface area contributed by atoms with E-state index in [9.17, 15) is 14.9 Å². The first-order valence-corrected chi connectivity index (χ1v) is 12.2. The zero-order valence-corrected chi connectivity index (χ0v) is 20.7. The molecule has 1 aliphatic heterocycles. The number of carbonyl (C=O) groups excluding carboxylic acids is 1. The highest BCUT2D eigenvalue weighted by Gasteiger charge is 2.25. The Labute approximate surface area is 213 Å². The van der Waals surface area contributed by atoms with Gasteiger partial charge in [-0.15, -0.1) is 0 Å². The van der Waals surface area contributed by atoms with E-state index in [1.165, 1.54) is 6.07 Å². The van der Waals surface area contributed by atoms with Crippen molar-refractivity contribution >= 4 is 45.7 Å². The van der Waals surface area contributed by atoms with Gasteiger partial charge in [0, 0.05) is 30.4 Å². The Bertz CT molecular complexity index is 1470. The number of aryl methyl sites for hydroxylation is 1. The maximum atomic E-state index is 13.0. The highest BCUT2D eigenvalue weighted by atomic mass is 35.5. The molecular weight excluding hydrogens is 480 g/mol. The van der Waals surface area contributed by atoms with Crippen LogP contribution in [-0.4, -0.2) is 28.9 Å². The second-order valence-corrected chi connectivity index (χ2v) is 9.68. The summed E-state index contributed by atoms with van der Waals surface area (Å²) < 4.78 is 5.87. The molecule has 3 aromatic carbocycles. The quantitative estimate of drug-likeness (QED) is 0.235. The van der Waals surface area contributed by atoms with Crippen LogP contribution in [-0.2, 0) is 0 Å². The Morgan fingerprint density at radius 1 is 1.14 bits per heavy atom. The number of anilines is 2. The van der Waals surface area contributed by atoms with Crippen molar-refractivity contribution in [2.75, 3.05) is 23.3 Å². The highest BCUT2D eigenvalue weighted by Crippen LogP contribution is 2.34. The van der Waals surface area contributed by atoms with E-state index in [-0.39, 0.29) is 11.3 Å². The number of halogens is 1. The van der Waals surface area contributed by atoms with Crippen LogP contribution in [0.3, 0.4) is 0 Å². The molecule has 0 aliphatic carbocycles. The van der Waals surface area contributed by atoms with Gasteiger partial charge in [0.15, 0.2) is 5.58 Å². The number of piperidine rings is 1. The van der Waals surface area contributed by atoms with Gasteiger partial charge in [-0.3, -0.25) is 14.9 Å². The largest absolute Gasteiger partial charge is 0.436 e. The average molecular weight is 505 g/mol. The Hall–Kier alpha value is -3.91. The van der Waals surface area contributed by atoms with Crippen LogP contribution in [0.1, 0.15) is 35.7 Å². The van der Waals surface area contributed by atoms with Gasteiger partial charge in [0.1, 0.15) is 11.2 Å². The lowest BCUT2D eigenvalue weighted by atomic mass is 9.98. The molecule has 4 aromatic rings. The van der Waals surface area contributed by atoms with Gasteiger partial charge in [-0.1, -0.05) is 24.6 Å². The Balaban J connectivity index is 1.40. The van der Waals surface area contributed by atoms with Gasteiger partial charge in [-0.25, -0.2) is 4.98 Å². The van der Waals surface area contributed by atoms with Gasteiger partial charge in [-0.2, -0.15) is 0 Å². The smallest absolute Gasteiger partial charge is 0.293 e. The molecule has 9 heteroatoms. The van der Waals surface area contributed by atoms with Crippen molar-refractivity contribution in [2.24, 2.45) is 5.92 Å². The number of fused-ring (bicyclic) bond motifs is 1. The van der Waals surface area contributed by atoms with Crippen molar-refractivity contribution in [3.8, 4) is 11.5 Å². The molecule has 0 atom stereocenters. The van der Waals surface area contributed by atoms with Crippen LogP contribution < -0.4 is 10.2 Å². The summed E-state index contributed by atoms with van der Waals surface area (Å²) in [7, 11) is 0. The van der Waals surface area contributed by atoms with Gasteiger partial charge in [0.2, 0.25) is 5.89 Å². The molecule has 1 saturated heterocycles. The molecule has 1 aliphatic rings. The van der Waals surface area contributed by atoms with E-state index in [0.29, 0.717) is 44.9 Å². The number of nitro groups is 1. The lowest BCUT2D eigenvalue weighted by Gasteiger charge is -2.31. The zero-order chi connectivity index (χ0) is 25.4. The maximum absolute atomic E-state index is 13.0. The third kappa shape index (κ3) is 4.77. The fraction of sp³-hybridized carbons (Fsp3) is 0.259. The summed E-state index contributed by atoms with van der Waals surface area (Å²) in [5.41, 5.74) is 4.08. The number of hydrogen-bond acceptors (Lipinski definition) is 6. The van der Waals surface area contributed by atoms with E-state index >= 15 is 0 Å². The minimum Gasteiger partial charge on any atom is -0.436 e. The minimum atomic E-state index is -0.460. The molecule has 1 amide bonds. The third-order valence-electron chi connectivity index (χ3n) is 6.56. The summed E-state index contributed by atoms with van der Waals surface area (Å²) in [4.78, 5) is 30.9. The van der Waals surface area contributed by atoms with Crippen molar-refractivity contribution < 1.29 is 14.1 Å². The maximum Gasteiger partial charge on any atom is 0.293 e. The number of aromatic nitrogens is 1. The van der Waals surface area contributed by atoms with E-state index in [2.05, 4.69) is 17.2 Å². The number of nitro benzene ring substituents is 1. The molecule has 8 nitrogen and oxygen atoms in total. The van der Waals surface area contributed by atoms with Crippen molar-refractivity contribution in [2.45, 2.75) is 26.7 Å². The van der Waals surface area contributed by atoms with Crippen LogP contribution in [0.25, 0.3) is 22.6 Å². The first-order chi connectivity index (χ1) is 17.3. The predicted molar refractivity (Wildman–Crippen MR) is 141 cm³/mol. The van der Waals surface area contributed by atoms with Crippen molar-refractivity contribution in [3.05, 3.63) is 80.9 Å². The number of oxazole rings is 1. The number of nitrogens with zero attached hydrogens (tertiary/aromatic N) is 3. The van der Waals surface area contributed by atoms with Gasteiger partial charge in [0.25, 0.3) is 11.6 Å². The molecule has 0 bridgehead atoms. The molecule has 1 fully saturated rings. The fourth-order valence-corrected chi connectivity index (χ4v) is 4.65. The number of benzene rings is 3. The van der Waals surface area contributed by atoms with Crippen molar-refractivity contribution in [1.82, 2.24) is 4.98 Å². The molecule has 1 aromatic heterocycles. The molecule has 0 saturated carbocycles. The van der Waals surface area contributed by atoms with Crippen LogP contribution >= 0.6 is 11.6 Å². The van der Waals surface area contributed by atoms with Crippen molar-refractivity contribution in [3.63, 3.8) is 0 Å². The first kappa shape index (κ1) is 23.8. The molecule has 184 valence electrons. The molecule has 2 heterocycles. The summed E-state index contributed by atoms with van der Waals surface area (Å²) in [6.07, 6.45) is 1.97. The van der Waals surface area contributed by atoms with Crippen LogP contribution in [0.5, 0.6) is 0 Å².